The molecule has 1 amide bonds. The van der Waals surface area contributed by atoms with E-state index in [0.717, 1.165) is 113 Å². The quantitative estimate of drug-likeness (QED) is 0.121. The fourth-order valence-corrected chi connectivity index (χ4v) is 11.3. The number of carbonyl (C=O) groups excluding carboxylic acids is 1. The molecule has 68 heavy (non-hydrogen) atoms. The van der Waals surface area contributed by atoms with Gasteiger partial charge in [0.25, 0.3) is 11.5 Å². The largest absolute Gasteiger partial charge is 0.462 e. The van der Waals surface area contributed by atoms with Crippen LogP contribution >= 0.6 is 11.6 Å². The van der Waals surface area contributed by atoms with E-state index >= 15 is 0 Å². The Morgan fingerprint density at radius 3 is 2.60 bits per heavy atom. The number of aromatic nitrogens is 5. The van der Waals surface area contributed by atoms with Crippen LogP contribution in [0.5, 0.6) is 6.01 Å². The van der Waals surface area contributed by atoms with Crippen LogP contribution in [0.2, 0.25) is 5.02 Å². The van der Waals surface area contributed by atoms with Gasteiger partial charge < -0.3 is 38.8 Å². The average molecular weight is 935 g/mol. The third-order valence-electron chi connectivity index (χ3n) is 14.7. The fraction of sp³-hybridized carbons (Fsp3) is 0.434. The summed E-state index contributed by atoms with van der Waals surface area (Å²) in [4.78, 5) is 51.4. The Labute approximate surface area is 402 Å². The third kappa shape index (κ3) is 8.83. The van der Waals surface area contributed by atoms with E-state index in [1.54, 1.807) is 10.6 Å². The van der Waals surface area contributed by atoms with Crippen LogP contribution in [-0.2, 0) is 24.3 Å². The molecule has 8 heterocycles. The maximum atomic E-state index is 14.8. The zero-order valence-electron chi connectivity index (χ0n) is 39.3. The molecule has 3 fully saturated rings. The minimum Gasteiger partial charge on any atom is -0.462 e. The summed E-state index contributed by atoms with van der Waals surface area (Å²) < 4.78 is 10.4. The van der Waals surface area contributed by atoms with Crippen LogP contribution in [-0.4, -0.2) is 111 Å². The molecular weight excluding hydrogens is 874 g/mol. The maximum absolute atomic E-state index is 14.8. The monoisotopic (exact) mass is 933 g/mol. The first-order valence-electron chi connectivity index (χ1n) is 24.2. The number of hydrogen-bond donors (Lipinski definition) is 1. The number of piperazine rings is 1. The van der Waals surface area contributed by atoms with Gasteiger partial charge in [0.2, 0.25) is 0 Å². The lowest BCUT2D eigenvalue weighted by atomic mass is 9.94. The summed E-state index contributed by atoms with van der Waals surface area (Å²) >= 11 is 6.83. The first kappa shape index (κ1) is 45.5. The molecule has 3 saturated heterocycles. The van der Waals surface area contributed by atoms with E-state index in [1.807, 2.05) is 55.4 Å². The second-order valence-corrected chi connectivity index (χ2v) is 19.6. The molecule has 2 aromatic carbocycles. The van der Waals surface area contributed by atoms with Crippen LogP contribution in [0.15, 0.2) is 90.0 Å². The van der Waals surface area contributed by atoms with Crippen molar-refractivity contribution in [2.75, 3.05) is 69.3 Å². The van der Waals surface area contributed by atoms with Crippen molar-refractivity contribution < 1.29 is 9.53 Å². The number of nitrogens with zero attached hydrogens (tertiary/aromatic N) is 10. The van der Waals surface area contributed by atoms with Crippen molar-refractivity contribution in [2.24, 2.45) is 0 Å². The van der Waals surface area contributed by atoms with Gasteiger partial charge >= 0.3 is 6.01 Å². The molecule has 0 bridgehead atoms. The lowest BCUT2D eigenvalue weighted by molar-refractivity contribution is -0.129. The Morgan fingerprint density at radius 2 is 1.82 bits per heavy atom. The second-order valence-electron chi connectivity index (χ2n) is 19.2. The summed E-state index contributed by atoms with van der Waals surface area (Å²) in [5.74, 6) is 0.914. The van der Waals surface area contributed by atoms with Gasteiger partial charge in [-0.05, 0) is 119 Å². The van der Waals surface area contributed by atoms with E-state index in [0.29, 0.717) is 61.9 Å². The number of nitriles is 1. The molecule has 4 aromatic heterocycles. The average Bonchev–Trinajstić information content (AvgIpc) is 3.95. The second kappa shape index (κ2) is 19.4. The van der Waals surface area contributed by atoms with Crippen LogP contribution in [0.4, 0.5) is 11.5 Å². The smallest absolute Gasteiger partial charge is 0.318 e. The number of rotatable bonds is 12. The molecule has 0 unspecified atom stereocenters. The minimum absolute atomic E-state index is 0.00936. The number of carbonyl (C=O) groups is 1. The topological polar surface area (TPSA) is 141 Å². The number of likely N-dealkylation sites (N-methyl/N-ethyl adjacent to an activating group) is 1. The van der Waals surface area contributed by atoms with E-state index in [9.17, 15) is 14.9 Å². The molecule has 4 aliphatic rings. The molecule has 352 valence electrons. The number of fused-ring (bicyclic) bond motifs is 3. The van der Waals surface area contributed by atoms with Gasteiger partial charge in [0.1, 0.15) is 18.1 Å². The molecular formula is C53H60ClN11O3. The van der Waals surface area contributed by atoms with Gasteiger partial charge in [-0.2, -0.15) is 15.2 Å². The number of anilines is 2. The van der Waals surface area contributed by atoms with Crippen molar-refractivity contribution >= 4 is 50.8 Å². The summed E-state index contributed by atoms with van der Waals surface area (Å²) in [6, 6.07) is 22.7. The lowest BCUT2D eigenvalue weighted by Crippen LogP contribution is -2.56. The number of nitrogens with one attached hydrogen (secondary N) is 1. The van der Waals surface area contributed by atoms with Crippen molar-refractivity contribution in [2.45, 2.75) is 89.5 Å². The van der Waals surface area contributed by atoms with Gasteiger partial charge in [-0.25, -0.2) is 4.98 Å². The third-order valence-corrected chi connectivity index (χ3v) is 15.0. The van der Waals surface area contributed by atoms with Crippen LogP contribution in [0.1, 0.15) is 74.9 Å². The summed E-state index contributed by atoms with van der Waals surface area (Å²) in [5, 5.41) is 17.5. The van der Waals surface area contributed by atoms with E-state index in [2.05, 4.69) is 74.6 Å². The maximum Gasteiger partial charge on any atom is 0.318 e. The Balaban J connectivity index is 0.932. The highest BCUT2D eigenvalue weighted by molar-refractivity contribution is 6.36. The van der Waals surface area contributed by atoms with E-state index in [1.165, 1.54) is 0 Å². The molecule has 10 rings (SSSR count). The zero-order valence-corrected chi connectivity index (χ0v) is 40.1. The van der Waals surface area contributed by atoms with Crippen LogP contribution in [0.25, 0.3) is 32.9 Å². The lowest BCUT2D eigenvalue weighted by Gasteiger charge is -2.42. The first-order chi connectivity index (χ1) is 33.1. The molecule has 2 atom stereocenters. The highest BCUT2D eigenvalue weighted by Crippen LogP contribution is 2.39. The number of piperidine rings is 1. The van der Waals surface area contributed by atoms with Gasteiger partial charge in [0.05, 0.1) is 42.3 Å². The molecule has 6 aromatic rings. The summed E-state index contributed by atoms with van der Waals surface area (Å²) in [5.41, 5.74) is 7.26. The highest BCUT2D eigenvalue weighted by atomic mass is 35.5. The Kier molecular flexibility index (Phi) is 13.0. The van der Waals surface area contributed by atoms with Crippen molar-refractivity contribution in [1.82, 2.24) is 39.2 Å². The molecule has 0 saturated carbocycles. The molecule has 0 radical (unpaired) electrons. The Morgan fingerprint density at radius 1 is 1.00 bits per heavy atom. The zero-order chi connectivity index (χ0) is 47.1. The number of halogens is 1. The van der Waals surface area contributed by atoms with Crippen LogP contribution in [0.3, 0.4) is 0 Å². The predicted molar refractivity (Wildman–Crippen MR) is 269 cm³/mol. The van der Waals surface area contributed by atoms with Gasteiger partial charge in [0.15, 0.2) is 0 Å². The van der Waals surface area contributed by atoms with Gasteiger partial charge in [0, 0.05) is 95.9 Å². The molecule has 4 aliphatic heterocycles. The number of hydrogen-bond acceptors (Lipinski definition) is 11. The number of pyridine rings is 2. The van der Waals surface area contributed by atoms with Crippen molar-refractivity contribution in [3.8, 4) is 23.2 Å². The van der Waals surface area contributed by atoms with Crippen LogP contribution in [0, 0.1) is 11.3 Å². The first-order valence-corrected chi connectivity index (χ1v) is 24.6. The van der Waals surface area contributed by atoms with E-state index in [4.69, 9.17) is 31.3 Å². The fourth-order valence-electron chi connectivity index (χ4n) is 11.0. The summed E-state index contributed by atoms with van der Waals surface area (Å²) in [6.07, 6.45) is 8.73. The molecule has 15 heteroatoms. The molecule has 14 nitrogen and oxygen atoms in total. The predicted octanol–water partition coefficient (Wildman–Crippen LogP) is 7.73. The SMILES string of the molecule is C=C(Cn1c(C2CCNCC2)cc2c(-c3ccc(=O)n(C(C)C)c3)ccnc21)C(=O)N1CCN(c2nc(OC[C@@H]3CCCN3C)nc3c2CCN(c2cccc4cccc(Cl)c24)C3)C[C@@H]1CC#N. The molecule has 0 spiro atoms. The van der Waals surface area contributed by atoms with Crippen molar-refractivity contribution in [3.05, 3.63) is 118 Å². The number of likely N-dealkylation sites (tertiary alicyclic amines) is 1. The van der Waals surface area contributed by atoms with E-state index < -0.39 is 6.04 Å². The number of amides is 1. The standard InChI is InChI=1S/C53H60ClN11O3/c1-34(2)64-30-38(13-14-48(64)66)41-18-23-57-50-43(41)28-47(36-16-21-56-22-17-36)65(50)29-35(3)52(67)63-27-26-62(31-39(63)15-20-55)51-42-19-25-61(46-12-6-9-37-8-5-11-44(54)49(37)46)32-45(42)58-53(59-51)68-33-40-10-7-24-60(40)4/h5-6,8-9,11-14,18,23,28,30,34,36,39-40,56H,3,7,10,15-17,19,21-22,24-27,29,31-33H2,1-2,4H3/t39-,40-/m0/s1. The number of benzene rings is 2. The Bertz CT molecular complexity index is 2980. The molecule has 0 aliphatic carbocycles. The highest BCUT2D eigenvalue weighted by Gasteiger charge is 2.36. The molecule has 1 N–H and O–H groups in total. The number of ether oxygens (including phenoxy) is 1. The minimum atomic E-state index is -0.398. The van der Waals surface area contributed by atoms with Crippen molar-refractivity contribution in [3.63, 3.8) is 0 Å². The summed E-state index contributed by atoms with van der Waals surface area (Å²) in [7, 11) is 2.14. The van der Waals surface area contributed by atoms with Crippen LogP contribution < -0.4 is 25.4 Å². The Hall–Kier alpha value is -6.27. The van der Waals surface area contributed by atoms with E-state index in [-0.39, 0.29) is 36.4 Å². The van der Waals surface area contributed by atoms with Gasteiger partial charge in [-0.15, -0.1) is 0 Å². The van der Waals surface area contributed by atoms with Crippen molar-refractivity contribution in [1.29, 1.82) is 5.26 Å². The normalized spacial score (nSPS) is 19.2. The van der Waals surface area contributed by atoms with Gasteiger partial charge in [-0.3, -0.25) is 9.59 Å². The summed E-state index contributed by atoms with van der Waals surface area (Å²) in [6.45, 7) is 14.7. The van der Waals surface area contributed by atoms with Gasteiger partial charge in [-0.1, -0.05) is 42.4 Å².